The SMILES string of the molecule is Cc1ccc(S(=O)(=O)N(C)[C@H](c2ccccc2)[C@H]2CCCCO2)cc1. The van der Waals surface area contributed by atoms with Crippen LogP contribution in [-0.2, 0) is 14.8 Å². The van der Waals surface area contributed by atoms with E-state index in [1.807, 2.05) is 49.4 Å². The van der Waals surface area contributed by atoms with Crippen molar-refractivity contribution in [1.29, 1.82) is 0 Å². The maximum Gasteiger partial charge on any atom is 0.243 e. The molecule has 25 heavy (non-hydrogen) atoms. The molecule has 134 valence electrons. The van der Waals surface area contributed by atoms with Crippen LogP contribution in [0.1, 0.15) is 36.4 Å². The van der Waals surface area contributed by atoms with Gasteiger partial charge >= 0.3 is 0 Å². The molecule has 0 N–H and O–H groups in total. The minimum absolute atomic E-state index is 0.124. The van der Waals surface area contributed by atoms with Gasteiger partial charge in [-0.15, -0.1) is 0 Å². The van der Waals surface area contributed by atoms with Crippen LogP contribution in [0.4, 0.5) is 0 Å². The third-order valence-electron chi connectivity index (χ3n) is 4.80. The van der Waals surface area contributed by atoms with E-state index in [4.69, 9.17) is 4.74 Å². The second kappa shape index (κ2) is 7.68. The van der Waals surface area contributed by atoms with Gasteiger partial charge in [-0.1, -0.05) is 48.0 Å². The Kier molecular flexibility index (Phi) is 5.57. The smallest absolute Gasteiger partial charge is 0.243 e. The van der Waals surface area contributed by atoms with E-state index in [9.17, 15) is 8.42 Å². The quantitative estimate of drug-likeness (QED) is 0.813. The van der Waals surface area contributed by atoms with Gasteiger partial charge < -0.3 is 4.74 Å². The van der Waals surface area contributed by atoms with Crippen LogP contribution in [0.3, 0.4) is 0 Å². The number of ether oxygens (including phenoxy) is 1. The molecule has 1 aliphatic rings. The Morgan fingerprint density at radius 1 is 1.04 bits per heavy atom. The standard InChI is InChI=1S/C20H25NO3S/c1-16-11-13-18(14-12-16)25(22,23)21(2)20(17-8-4-3-5-9-17)19-10-6-7-15-24-19/h3-5,8-9,11-14,19-20H,6-7,10,15H2,1-2H3/t19-,20-/m1/s1. The molecule has 4 nitrogen and oxygen atoms in total. The number of likely N-dealkylation sites (N-methyl/N-ethyl adjacent to an activating group) is 1. The van der Waals surface area contributed by atoms with Gasteiger partial charge in [0, 0.05) is 13.7 Å². The number of aryl methyl sites for hydroxylation is 1. The summed E-state index contributed by atoms with van der Waals surface area (Å²) in [5.41, 5.74) is 2.00. The summed E-state index contributed by atoms with van der Waals surface area (Å²) in [6.45, 7) is 2.63. The average Bonchev–Trinajstić information content (AvgIpc) is 2.64. The molecule has 0 saturated carbocycles. The zero-order chi connectivity index (χ0) is 17.9. The minimum Gasteiger partial charge on any atom is -0.376 e. The van der Waals surface area contributed by atoms with E-state index < -0.39 is 10.0 Å². The fourth-order valence-electron chi connectivity index (χ4n) is 3.35. The molecule has 0 radical (unpaired) electrons. The van der Waals surface area contributed by atoms with E-state index in [0.717, 1.165) is 30.4 Å². The normalized spacial score (nSPS) is 19.7. The molecule has 0 aliphatic carbocycles. The number of hydrogen-bond acceptors (Lipinski definition) is 3. The molecule has 0 aromatic heterocycles. The van der Waals surface area contributed by atoms with Gasteiger partial charge in [-0.3, -0.25) is 0 Å². The summed E-state index contributed by atoms with van der Waals surface area (Å²) in [7, 11) is -1.94. The van der Waals surface area contributed by atoms with Crippen molar-refractivity contribution in [3.63, 3.8) is 0 Å². The van der Waals surface area contributed by atoms with Crippen molar-refractivity contribution >= 4 is 10.0 Å². The van der Waals surface area contributed by atoms with Gasteiger partial charge in [0.15, 0.2) is 0 Å². The van der Waals surface area contributed by atoms with Gasteiger partial charge in [0.05, 0.1) is 17.0 Å². The summed E-state index contributed by atoms with van der Waals surface area (Å²) in [6, 6.07) is 16.5. The number of benzene rings is 2. The first kappa shape index (κ1) is 18.1. The van der Waals surface area contributed by atoms with Crippen LogP contribution in [0.25, 0.3) is 0 Å². The van der Waals surface area contributed by atoms with Gasteiger partial charge in [-0.05, 0) is 43.9 Å². The first-order valence-corrected chi connectivity index (χ1v) is 10.2. The predicted octanol–water partition coefficient (Wildman–Crippen LogP) is 3.93. The monoisotopic (exact) mass is 359 g/mol. The molecule has 2 atom stereocenters. The zero-order valence-electron chi connectivity index (χ0n) is 14.8. The lowest BCUT2D eigenvalue weighted by molar-refractivity contribution is -0.0219. The van der Waals surface area contributed by atoms with Crippen molar-refractivity contribution in [2.75, 3.05) is 13.7 Å². The van der Waals surface area contributed by atoms with Gasteiger partial charge in [0.25, 0.3) is 0 Å². The number of sulfonamides is 1. The van der Waals surface area contributed by atoms with E-state index in [2.05, 4.69) is 0 Å². The van der Waals surface area contributed by atoms with Crippen LogP contribution in [0.2, 0.25) is 0 Å². The Morgan fingerprint density at radius 3 is 2.32 bits per heavy atom. The summed E-state index contributed by atoms with van der Waals surface area (Å²) >= 11 is 0. The van der Waals surface area contributed by atoms with Crippen LogP contribution in [0, 0.1) is 6.92 Å². The molecule has 0 amide bonds. The number of nitrogens with zero attached hydrogens (tertiary/aromatic N) is 1. The van der Waals surface area contributed by atoms with E-state index in [1.165, 1.54) is 4.31 Å². The Labute approximate surface area is 150 Å². The molecule has 0 unspecified atom stereocenters. The van der Waals surface area contributed by atoms with E-state index >= 15 is 0 Å². The molecule has 1 heterocycles. The predicted molar refractivity (Wildman–Crippen MR) is 98.9 cm³/mol. The van der Waals surface area contributed by atoms with E-state index in [0.29, 0.717) is 11.5 Å². The van der Waals surface area contributed by atoms with Crippen LogP contribution >= 0.6 is 0 Å². The highest BCUT2D eigenvalue weighted by molar-refractivity contribution is 7.89. The highest BCUT2D eigenvalue weighted by Gasteiger charge is 2.36. The second-order valence-electron chi connectivity index (χ2n) is 6.59. The molecule has 0 spiro atoms. The Hall–Kier alpha value is -1.69. The first-order valence-electron chi connectivity index (χ1n) is 8.71. The molecule has 3 rings (SSSR count). The minimum atomic E-state index is -3.60. The lowest BCUT2D eigenvalue weighted by atomic mass is 9.96. The second-order valence-corrected chi connectivity index (χ2v) is 8.59. The van der Waals surface area contributed by atoms with Crippen LogP contribution in [0.5, 0.6) is 0 Å². The maximum atomic E-state index is 13.2. The highest BCUT2D eigenvalue weighted by atomic mass is 32.2. The largest absolute Gasteiger partial charge is 0.376 e. The topological polar surface area (TPSA) is 46.6 Å². The van der Waals surface area contributed by atoms with Gasteiger partial charge in [-0.2, -0.15) is 4.31 Å². The number of hydrogen-bond donors (Lipinski definition) is 0. The van der Waals surface area contributed by atoms with Gasteiger partial charge in [0.2, 0.25) is 10.0 Å². The fraction of sp³-hybridized carbons (Fsp3) is 0.400. The van der Waals surface area contributed by atoms with Gasteiger partial charge in [-0.25, -0.2) is 8.42 Å². The lowest BCUT2D eigenvalue weighted by Gasteiger charge is -2.36. The average molecular weight is 359 g/mol. The molecule has 2 aromatic carbocycles. The molecular formula is C20H25NO3S. The zero-order valence-corrected chi connectivity index (χ0v) is 15.6. The van der Waals surface area contributed by atoms with Crippen molar-refractivity contribution in [3.8, 4) is 0 Å². The summed E-state index contributed by atoms with van der Waals surface area (Å²) in [5.74, 6) is 0. The van der Waals surface area contributed by atoms with Crippen molar-refractivity contribution < 1.29 is 13.2 Å². The third-order valence-corrected chi connectivity index (χ3v) is 6.65. The molecule has 1 aliphatic heterocycles. The van der Waals surface area contributed by atoms with Crippen molar-refractivity contribution in [1.82, 2.24) is 4.31 Å². The van der Waals surface area contributed by atoms with Crippen molar-refractivity contribution in [2.45, 2.75) is 43.2 Å². The Bertz CT molecular complexity index is 781. The molecule has 5 heteroatoms. The summed E-state index contributed by atoms with van der Waals surface area (Å²) in [4.78, 5) is 0.317. The Morgan fingerprint density at radius 2 is 1.72 bits per heavy atom. The summed E-state index contributed by atoms with van der Waals surface area (Å²) in [5, 5.41) is 0. The van der Waals surface area contributed by atoms with Crippen LogP contribution < -0.4 is 0 Å². The maximum absolute atomic E-state index is 13.2. The number of rotatable bonds is 5. The van der Waals surface area contributed by atoms with Crippen molar-refractivity contribution in [2.24, 2.45) is 0 Å². The molecular weight excluding hydrogens is 334 g/mol. The lowest BCUT2D eigenvalue weighted by Crippen LogP contribution is -2.40. The van der Waals surface area contributed by atoms with Crippen molar-refractivity contribution in [3.05, 3.63) is 65.7 Å². The molecule has 1 fully saturated rings. The molecule has 2 aromatic rings. The van der Waals surface area contributed by atoms with Crippen LogP contribution in [-0.4, -0.2) is 32.5 Å². The fourth-order valence-corrected chi connectivity index (χ4v) is 4.72. The Balaban J connectivity index is 1.98. The van der Waals surface area contributed by atoms with E-state index in [1.54, 1.807) is 19.2 Å². The summed E-state index contributed by atoms with van der Waals surface area (Å²) in [6.07, 6.45) is 2.84. The summed E-state index contributed by atoms with van der Waals surface area (Å²) < 4.78 is 33.8. The van der Waals surface area contributed by atoms with Gasteiger partial charge in [0.1, 0.15) is 0 Å². The van der Waals surface area contributed by atoms with Crippen LogP contribution in [0.15, 0.2) is 59.5 Å². The van der Waals surface area contributed by atoms with E-state index in [-0.39, 0.29) is 12.1 Å². The third kappa shape index (κ3) is 3.94. The molecule has 1 saturated heterocycles. The first-order chi connectivity index (χ1) is 12.0. The molecule has 0 bridgehead atoms. The highest BCUT2D eigenvalue weighted by Crippen LogP contribution is 2.34.